The molecule has 25 nitrogen and oxygen atoms in total. The van der Waals surface area contributed by atoms with E-state index in [-0.39, 0.29) is 14.3 Å². The number of hydrogen-bond donors (Lipinski definition) is 0. The van der Waals surface area contributed by atoms with Gasteiger partial charge in [-0.1, -0.05) is 48.6 Å². The fourth-order valence-corrected chi connectivity index (χ4v) is 8.79. The molecule has 138 heavy (non-hydrogen) atoms. The maximum atomic E-state index is 10.4. The molecule has 64 heteroatoms. The number of benzene rings is 8. The van der Waals surface area contributed by atoms with E-state index in [0.29, 0.717) is 92.5 Å². The number of rotatable bonds is 18. The molecule has 1 heterocycles. The van der Waals surface area contributed by atoms with Crippen molar-refractivity contribution in [3.63, 3.8) is 0 Å². The van der Waals surface area contributed by atoms with Gasteiger partial charge in [-0.3, -0.25) is 25.9 Å². The number of fused-ring (bicyclic) bond motifs is 1. The van der Waals surface area contributed by atoms with E-state index in [1.54, 1.807) is 124 Å². The van der Waals surface area contributed by atoms with Gasteiger partial charge in [0.2, 0.25) is 37.7 Å². The zero-order valence-electron chi connectivity index (χ0n) is 73.7. The van der Waals surface area contributed by atoms with Crippen LogP contribution >= 0.6 is 31.2 Å². The molecule has 9 rings (SSSR count). The number of hydrogen-bond acceptors (Lipinski definition) is 18. The van der Waals surface area contributed by atoms with Crippen LogP contribution in [0.5, 0.6) is 28.7 Å². The average molecular weight is 2130 g/mol. The Bertz CT molecular complexity index is 5440. The van der Waals surface area contributed by atoms with Crippen LogP contribution in [0.3, 0.4) is 0 Å². The van der Waals surface area contributed by atoms with Gasteiger partial charge in [0.1, 0.15) is 58.7 Å². The van der Waals surface area contributed by atoms with Crippen LogP contribution in [0, 0.1) is 100 Å². The molecule has 0 aromatic heterocycles. The minimum absolute atomic E-state index is 0. The molecule has 0 amide bonds. The first-order valence-electron chi connectivity index (χ1n) is 36.3. The molecule has 0 saturated carbocycles. The first-order chi connectivity index (χ1) is 61.2. The Morgan fingerprint density at radius 2 is 0.754 bits per heavy atom. The molecule has 774 valence electrons. The molecule has 1 aliphatic rings. The van der Waals surface area contributed by atoms with E-state index < -0.39 is 56.4 Å². The Hall–Kier alpha value is -12.4. The maximum absolute atomic E-state index is 10.7. The topological polar surface area (TPSA) is 328 Å². The Balaban J connectivity index is -0.000000271. The van der Waals surface area contributed by atoms with Crippen LogP contribution in [0.15, 0.2) is 176 Å². The Morgan fingerprint density at radius 3 is 1.13 bits per heavy atom. The van der Waals surface area contributed by atoms with Crippen LogP contribution in [0.25, 0.3) is 34.8 Å². The smallest absolute Gasteiger partial charge is 0.385 e. The minimum atomic E-state index is -10.7. The molecule has 0 saturated heterocycles. The van der Waals surface area contributed by atoms with E-state index >= 15 is 0 Å². The molecule has 0 unspecified atom stereocenters. The first-order valence-corrected chi connectivity index (χ1v) is 45.9. The first kappa shape index (κ1) is 139. The average Bonchev–Trinajstić information content (AvgIpc) is 0.846. The number of diazo groups is 7. The summed E-state index contributed by atoms with van der Waals surface area (Å²) in [5.74, 6) is 4.01. The van der Waals surface area contributed by atoms with Crippen molar-refractivity contribution in [2.75, 3.05) is 74.2 Å². The molecule has 0 aliphatic carbocycles. The quantitative estimate of drug-likeness (QED) is 0.0146. The van der Waals surface area contributed by atoms with Crippen LogP contribution in [-0.2, 0) is 37.2 Å². The van der Waals surface area contributed by atoms with Gasteiger partial charge in [-0.2, -0.15) is 0 Å². The fraction of sp³-hybridized carbons (Fsp3) is 0.297. The molecule has 0 radical (unpaired) electrons. The van der Waals surface area contributed by atoms with Gasteiger partial charge in [0.25, 0.3) is 0 Å². The summed E-state index contributed by atoms with van der Waals surface area (Å²) in [5.41, 5.74) is 15.6. The summed E-state index contributed by atoms with van der Waals surface area (Å²) in [4.78, 5) is 21.6. The summed E-state index contributed by atoms with van der Waals surface area (Å²) in [6, 6.07) is 41.4. The van der Waals surface area contributed by atoms with Gasteiger partial charge in [0, 0.05) is 116 Å². The third-order valence-electron chi connectivity index (χ3n) is 14.2. The molecule has 8 aromatic rings. The van der Waals surface area contributed by atoms with Crippen molar-refractivity contribution in [1.82, 2.24) is 0 Å². The second-order valence-electron chi connectivity index (χ2n) is 25.8. The summed E-state index contributed by atoms with van der Waals surface area (Å²) in [6.45, 7) is 29.2. The Kier molecular flexibility index (Phi) is 57.3. The van der Waals surface area contributed by atoms with Crippen LogP contribution < -0.4 is 33.1 Å². The van der Waals surface area contributed by atoms with Gasteiger partial charge >= 0.3 is 187 Å². The van der Waals surface area contributed by atoms with E-state index in [2.05, 4.69) is 48.0 Å². The zero-order chi connectivity index (χ0) is 107. The second kappa shape index (κ2) is 57.1. The predicted octanol–water partition coefficient (Wildman–Crippen LogP) is 29.2. The number of methoxy groups -OCH3 is 3. The fourth-order valence-electron chi connectivity index (χ4n) is 8.32. The third-order valence-corrected chi connectivity index (χ3v) is 15.1. The number of nitrogens with zero attached hydrogens (tertiary/aromatic N) is 14. The molecule has 8 aromatic carbocycles. The normalized spacial score (nSPS) is 12.3. The van der Waals surface area contributed by atoms with Gasteiger partial charge in [-0.25, -0.2) is 8.42 Å². The molecule has 0 N–H and O–H groups in total. The molecule has 0 fully saturated rings. The summed E-state index contributed by atoms with van der Waals surface area (Å²) >= 11 is 0. The van der Waals surface area contributed by atoms with Crippen LogP contribution in [0.2, 0.25) is 0 Å². The molecular weight excluding hydrogens is 2050 g/mol. The van der Waals surface area contributed by atoms with Gasteiger partial charge in [0.05, 0.1) is 45.0 Å². The second-order valence-corrected chi connectivity index (χ2v) is 34.9. The van der Waals surface area contributed by atoms with E-state index in [9.17, 15) is 140 Å². The summed E-state index contributed by atoms with van der Waals surface area (Å²) in [5, 5.41) is 59.6. The minimum Gasteiger partial charge on any atom is -1.00 e. The van der Waals surface area contributed by atoms with Gasteiger partial charge in [0.15, 0.2) is 34.8 Å². The van der Waals surface area contributed by atoms with Crippen molar-refractivity contribution in [2.24, 2.45) is 0 Å². The van der Waals surface area contributed by atoms with Crippen LogP contribution in [0.4, 0.5) is 166 Å². The van der Waals surface area contributed by atoms with E-state index in [0.717, 1.165) is 86.3 Å². The van der Waals surface area contributed by atoms with Crippen LogP contribution in [0.1, 0.15) is 61.2 Å². The molecule has 0 atom stereocenters. The van der Waals surface area contributed by atoms with Crippen molar-refractivity contribution in [3.8, 4) is 28.7 Å². The SMILES string of the molecule is C=CCOc1ccc([N+]#N)cc1C.C=CCc1cc([N+]#N)ccc1OCCOC.COCCOCCOc1ccc([N+]#N)c(C)c1.COc1ccc([N+]#N)cc1C.Cc1ccc(S(=O)(=O)[O-])cc1.Cc1ccc([N+]#N)c(C)c1C.Cc1ccc([N+]#N)cc1C.FB(F)F.FB(F)F.F[P-](F)(F)(F)(F)F.F[P-](F)(F)(F)(F)F.F[P-](F)(F)(F)(F)F.F[P-](F)(F)(F)(F)F.N#[N+]c1ccc2c(c1)CCO2.[F-].[F-]. The van der Waals surface area contributed by atoms with Crippen LogP contribution in [-0.4, -0.2) is 102 Å². The molecule has 0 bridgehead atoms. The van der Waals surface area contributed by atoms with E-state index in [1.807, 2.05) is 105 Å². The van der Waals surface area contributed by atoms with Gasteiger partial charge in [-0.05, 0) is 151 Å². The van der Waals surface area contributed by atoms with Crippen molar-refractivity contribution < 1.29 is 187 Å². The van der Waals surface area contributed by atoms with Crippen molar-refractivity contribution >= 4 is 96.3 Å². The maximum Gasteiger partial charge on any atom is 0.385 e. The number of aryl methyl sites for hydroxylation is 7. The van der Waals surface area contributed by atoms with Crippen molar-refractivity contribution in [1.29, 1.82) is 37.7 Å². The van der Waals surface area contributed by atoms with E-state index in [1.165, 1.54) is 28.8 Å². The number of halogens is 32. The molecule has 1 aliphatic heterocycles. The Labute approximate surface area is 768 Å². The Morgan fingerprint density at radius 1 is 0.391 bits per heavy atom. The zero-order valence-corrected chi connectivity index (χ0v) is 78.1. The third kappa shape index (κ3) is 94.0. The van der Waals surface area contributed by atoms with Gasteiger partial charge in [-0.15, -0.1) is 6.58 Å². The summed E-state index contributed by atoms with van der Waals surface area (Å²) < 4.78 is 368. The summed E-state index contributed by atoms with van der Waals surface area (Å²) in [7, 11) is -49.4. The van der Waals surface area contributed by atoms with Crippen molar-refractivity contribution in [3.05, 3.63) is 267 Å². The predicted molar refractivity (Wildman–Crippen MR) is 459 cm³/mol. The standard InChI is InChI=1S/C12H17N2O3.C12H15N2O2.C10H11N2O.C9H11N2.C8H7N2O.C8H9N2O.C8H9N2.C7H8O3S.2BF3.4F6P.2FH/c1-10-9-11(3-4-12(10)14-13)17-8-7-16-6-5-15-2;1-3-4-10-9-11(14-13)5-6-12(10)16-8-7-15-2;1-3-6-13-10-5-4-9(12-11)7-8(10)2;1-6-4-5-9(11-10)8(3)7(6)2;9-10-7-1-2-8-6(5-7)3-4-11-8;1-6-5-7(10-9)3-4-8(6)11-2;1-6-3-4-8(10-9)5-7(6)2;1-6-2-4-7(5-3-6)11(8,9)10;2*2-1(3)4;4*1-7(2,3,4,5)6;;/h3-4,9H,5-8H2,1-2H3;3,5-6,9H,1,4,7-8H2,2H3;3-5,7H,1,6H2,2H3;4-5H,1-3H3;1-2,5H,3-4H2;3-5H,1-2H3;3-5H,1-2H3;2-5H,1H3,(H,8,9,10);;;;;;;2*1H/q7*+1;;;;4*-1;;/p-3. The number of allylic oxidation sites excluding steroid dienone is 1. The summed E-state index contributed by atoms with van der Waals surface area (Å²) in [6.07, 6.45) is 5.05. The monoisotopic (exact) mass is 2130 g/mol. The van der Waals surface area contributed by atoms with Crippen molar-refractivity contribution in [2.45, 2.75) is 80.1 Å². The number of ether oxygens (including phenoxy) is 8. The molecular formula is C74H86B2F32N14O11P4S. The van der Waals surface area contributed by atoms with Gasteiger partial charge < -0.3 is 51.9 Å². The molecule has 0 spiro atoms. The largest absolute Gasteiger partial charge is 1.00 e. The van der Waals surface area contributed by atoms with E-state index in [4.69, 9.17) is 75.6 Å².